The summed E-state index contributed by atoms with van der Waals surface area (Å²) in [6.45, 7) is 0. The second-order valence-corrected chi connectivity index (χ2v) is 3.45. The van der Waals surface area contributed by atoms with Crippen LogP contribution in [0.3, 0.4) is 0 Å². The minimum absolute atomic E-state index is 0.113. The summed E-state index contributed by atoms with van der Waals surface area (Å²) in [5, 5.41) is 0. The van der Waals surface area contributed by atoms with E-state index < -0.39 is 13.7 Å². The Morgan fingerprint density at radius 2 is 2.44 bits per heavy atom. The standard InChI is InChI=1S/C3H6FO3PSi/c1-2-3(4,9)7-8(5)6/h1,8H,9H3,(H,5,6). The Kier molecular flexibility index (Phi) is 3.08. The first-order valence-corrected chi connectivity index (χ1v) is 4.33. The van der Waals surface area contributed by atoms with Crippen molar-refractivity contribution in [3.63, 3.8) is 0 Å². The van der Waals surface area contributed by atoms with Gasteiger partial charge in [0.1, 0.15) is 10.2 Å². The van der Waals surface area contributed by atoms with Crippen LogP contribution in [-0.4, -0.2) is 20.6 Å². The molecule has 0 saturated heterocycles. The molecule has 0 amide bonds. The summed E-state index contributed by atoms with van der Waals surface area (Å²) >= 11 is 0. The van der Waals surface area contributed by atoms with Gasteiger partial charge in [0.2, 0.25) is 5.48 Å². The third-order valence-corrected chi connectivity index (χ3v) is 2.00. The topological polar surface area (TPSA) is 46.5 Å². The van der Waals surface area contributed by atoms with Gasteiger partial charge in [-0.3, -0.25) is 9.09 Å². The lowest BCUT2D eigenvalue weighted by atomic mass is 10.7. The number of hydrogen-bond acceptors (Lipinski definition) is 2. The first kappa shape index (κ1) is 8.86. The van der Waals surface area contributed by atoms with Gasteiger partial charge in [-0.2, -0.15) is 0 Å². The maximum absolute atomic E-state index is 12.3. The maximum atomic E-state index is 12.3. The number of halogens is 1. The average Bonchev–Trinajstić information content (AvgIpc) is 1.63. The first-order valence-electron chi connectivity index (χ1n) is 2.06. The zero-order valence-corrected chi connectivity index (χ0v) is 7.72. The average molecular weight is 168 g/mol. The van der Waals surface area contributed by atoms with E-state index >= 15 is 0 Å². The maximum Gasteiger partial charge on any atom is 0.319 e. The van der Waals surface area contributed by atoms with Crippen molar-refractivity contribution in [1.82, 2.24) is 0 Å². The molecule has 0 bridgehead atoms. The third kappa shape index (κ3) is 4.37. The molecule has 0 saturated carbocycles. The van der Waals surface area contributed by atoms with Crippen LogP contribution in [0.15, 0.2) is 0 Å². The number of hydrogen-bond donors (Lipinski definition) is 1. The summed E-state index contributed by atoms with van der Waals surface area (Å²) in [6.07, 6.45) is 4.61. The Hall–Kier alpha value is -0.143. The lowest BCUT2D eigenvalue weighted by Crippen LogP contribution is -2.20. The molecular formula is C3H6FO3PSi. The first-order chi connectivity index (χ1) is 3.98. The van der Waals surface area contributed by atoms with Crippen LogP contribution in [0.5, 0.6) is 0 Å². The van der Waals surface area contributed by atoms with Crippen molar-refractivity contribution in [2.24, 2.45) is 0 Å². The molecule has 0 aliphatic rings. The smallest absolute Gasteiger partial charge is 0.319 e. The van der Waals surface area contributed by atoms with Crippen molar-refractivity contribution < 1.29 is 18.4 Å². The fourth-order valence-electron chi connectivity index (χ4n) is 0.193. The van der Waals surface area contributed by atoms with Crippen LogP contribution in [0.4, 0.5) is 4.39 Å². The molecule has 0 radical (unpaired) electrons. The lowest BCUT2D eigenvalue weighted by Gasteiger charge is -2.10. The largest absolute Gasteiger partial charge is 0.326 e. The second kappa shape index (κ2) is 3.13. The van der Waals surface area contributed by atoms with Crippen molar-refractivity contribution in [2.45, 2.75) is 5.48 Å². The summed E-state index contributed by atoms with van der Waals surface area (Å²) in [6, 6.07) is 0. The molecule has 52 valence electrons. The van der Waals surface area contributed by atoms with Crippen molar-refractivity contribution in [3.8, 4) is 12.3 Å². The van der Waals surface area contributed by atoms with Gasteiger partial charge < -0.3 is 4.89 Å². The van der Waals surface area contributed by atoms with E-state index in [0.717, 1.165) is 0 Å². The van der Waals surface area contributed by atoms with Gasteiger partial charge in [-0.1, -0.05) is 0 Å². The van der Waals surface area contributed by atoms with E-state index in [1.807, 2.05) is 0 Å². The van der Waals surface area contributed by atoms with Crippen molar-refractivity contribution >= 4 is 18.5 Å². The van der Waals surface area contributed by atoms with Crippen LogP contribution >= 0.6 is 8.25 Å². The van der Waals surface area contributed by atoms with Gasteiger partial charge in [0, 0.05) is 0 Å². The second-order valence-electron chi connectivity index (χ2n) is 1.43. The van der Waals surface area contributed by atoms with Crippen molar-refractivity contribution in [1.29, 1.82) is 0 Å². The molecule has 2 unspecified atom stereocenters. The third-order valence-electron chi connectivity index (χ3n) is 0.537. The van der Waals surface area contributed by atoms with Crippen LogP contribution in [0.1, 0.15) is 0 Å². The van der Waals surface area contributed by atoms with Crippen LogP contribution in [0.25, 0.3) is 0 Å². The fourth-order valence-corrected chi connectivity index (χ4v) is 1.10. The molecule has 9 heavy (non-hydrogen) atoms. The fraction of sp³-hybridized carbons (Fsp3) is 0.333. The SMILES string of the molecule is C#CC(F)([SiH3])O[PH](=O)O. The molecular weight excluding hydrogens is 162 g/mol. The van der Waals surface area contributed by atoms with E-state index in [2.05, 4.69) is 10.9 Å². The van der Waals surface area contributed by atoms with Crippen LogP contribution in [0, 0.1) is 12.3 Å². The summed E-state index contributed by atoms with van der Waals surface area (Å²) < 4.78 is 26.0. The molecule has 0 rings (SSSR count). The highest BCUT2D eigenvalue weighted by Crippen LogP contribution is 2.23. The zero-order chi connectivity index (χ0) is 7.49. The molecule has 0 spiro atoms. The van der Waals surface area contributed by atoms with Crippen LogP contribution in [0.2, 0.25) is 0 Å². The van der Waals surface area contributed by atoms with E-state index in [0.29, 0.717) is 0 Å². The van der Waals surface area contributed by atoms with Gasteiger partial charge in [-0.25, -0.2) is 4.39 Å². The number of alkyl halides is 1. The van der Waals surface area contributed by atoms with Gasteiger partial charge in [-0.05, 0) is 5.92 Å². The summed E-state index contributed by atoms with van der Waals surface area (Å²) in [5.41, 5.74) is -2.29. The minimum Gasteiger partial charge on any atom is -0.326 e. The van der Waals surface area contributed by atoms with Gasteiger partial charge in [-0.15, -0.1) is 6.42 Å². The molecule has 0 aromatic rings. The molecule has 0 heterocycles. The minimum atomic E-state index is -3.24. The lowest BCUT2D eigenvalue weighted by molar-refractivity contribution is 0.0737. The Morgan fingerprint density at radius 3 is 2.56 bits per heavy atom. The summed E-state index contributed by atoms with van der Waals surface area (Å²) in [4.78, 5) is 8.03. The van der Waals surface area contributed by atoms with E-state index in [1.54, 1.807) is 5.92 Å². The normalized spacial score (nSPS) is 20.1. The quantitative estimate of drug-likeness (QED) is 0.327. The highest BCUT2D eigenvalue weighted by atomic mass is 31.1. The molecule has 1 N–H and O–H groups in total. The molecule has 0 fully saturated rings. The predicted octanol–water partition coefficient (Wildman–Crippen LogP) is -0.993. The molecule has 0 aromatic carbocycles. The van der Waals surface area contributed by atoms with Crippen molar-refractivity contribution in [3.05, 3.63) is 0 Å². The summed E-state index contributed by atoms with van der Waals surface area (Å²) in [7, 11) is -3.35. The van der Waals surface area contributed by atoms with Gasteiger partial charge in [0.05, 0.1) is 0 Å². The molecule has 0 aliphatic carbocycles. The van der Waals surface area contributed by atoms with E-state index in [9.17, 15) is 8.96 Å². The zero-order valence-electron chi connectivity index (χ0n) is 4.72. The molecule has 3 nitrogen and oxygen atoms in total. The highest BCUT2D eigenvalue weighted by Gasteiger charge is 2.21. The van der Waals surface area contributed by atoms with E-state index in [1.165, 1.54) is 0 Å². The molecule has 0 aliphatic heterocycles. The van der Waals surface area contributed by atoms with Gasteiger partial charge >= 0.3 is 8.25 Å². The van der Waals surface area contributed by atoms with Crippen molar-refractivity contribution in [2.75, 3.05) is 0 Å². The Labute approximate surface area is 55.6 Å². The molecule has 2 atom stereocenters. The van der Waals surface area contributed by atoms with E-state index in [4.69, 9.17) is 4.89 Å². The summed E-state index contributed by atoms with van der Waals surface area (Å²) in [5.74, 6) is 1.61. The Balaban J connectivity index is 3.91. The monoisotopic (exact) mass is 168 g/mol. The highest BCUT2D eigenvalue weighted by molar-refractivity contribution is 7.32. The number of rotatable bonds is 2. The number of terminal acetylenes is 1. The molecule has 6 heteroatoms. The predicted molar refractivity (Wildman–Crippen MR) is 34.9 cm³/mol. The van der Waals surface area contributed by atoms with E-state index in [-0.39, 0.29) is 10.2 Å². The van der Waals surface area contributed by atoms with Gasteiger partial charge in [0.25, 0.3) is 0 Å². The van der Waals surface area contributed by atoms with Crippen LogP contribution < -0.4 is 0 Å². The van der Waals surface area contributed by atoms with Gasteiger partial charge in [0.15, 0.2) is 0 Å². The molecule has 0 aromatic heterocycles. The Bertz CT molecular complexity index is 163. The Morgan fingerprint density at radius 1 is 2.00 bits per heavy atom. The van der Waals surface area contributed by atoms with Crippen LogP contribution in [-0.2, 0) is 9.09 Å².